The molecule has 0 spiro atoms. The van der Waals surface area contributed by atoms with E-state index in [1.54, 1.807) is 7.05 Å². The first kappa shape index (κ1) is 15.1. The minimum absolute atomic E-state index is 0.131. The summed E-state index contributed by atoms with van der Waals surface area (Å²) in [6.45, 7) is 2.47. The summed E-state index contributed by atoms with van der Waals surface area (Å²) < 4.78 is 6.37. The molecule has 0 atom stereocenters. The number of amides is 1. The van der Waals surface area contributed by atoms with Crippen LogP contribution in [-0.2, 0) is 9.53 Å². The van der Waals surface area contributed by atoms with E-state index in [0.29, 0.717) is 18.8 Å². The summed E-state index contributed by atoms with van der Waals surface area (Å²) in [5.41, 5.74) is 0. The van der Waals surface area contributed by atoms with Crippen molar-refractivity contribution in [2.24, 2.45) is 0 Å². The second-order valence-corrected chi connectivity index (χ2v) is 4.51. The normalized spacial score (nSPS) is 9.88. The van der Waals surface area contributed by atoms with Crippen LogP contribution in [0.4, 0.5) is 4.79 Å². The molecule has 0 rings (SSSR count). The predicted octanol–water partition coefficient (Wildman–Crippen LogP) is 2.37. The molecule has 6 heteroatoms. The molecule has 0 saturated carbocycles. The Morgan fingerprint density at radius 3 is 2.62 bits per heavy atom. The summed E-state index contributed by atoms with van der Waals surface area (Å²) in [6, 6.07) is 0. The van der Waals surface area contributed by atoms with E-state index in [4.69, 9.17) is 9.84 Å². The average Bonchev–Trinajstić information content (AvgIpc) is 2.24. The number of aliphatic carboxylic acids is 1. The van der Waals surface area contributed by atoms with Crippen molar-refractivity contribution < 1.29 is 19.4 Å². The Hall–Kier alpha value is -0.910. The van der Waals surface area contributed by atoms with E-state index in [1.165, 1.54) is 16.3 Å². The maximum atomic E-state index is 11.3. The van der Waals surface area contributed by atoms with Crippen LogP contribution in [0, 0.1) is 0 Å². The highest BCUT2D eigenvalue weighted by Gasteiger charge is 2.10. The van der Waals surface area contributed by atoms with Crippen molar-refractivity contribution in [3.8, 4) is 0 Å². The molecule has 94 valence electrons. The molecular weight excluding hydrogens is 230 g/mol. The first-order valence-electron chi connectivity index (χ1n) is 5.33. The molecule has 5 nitrogen and oxygen atoms in total. The van der Waals surface area contributed by atoms with Gasteiger partial charge in [0.2, 0.25) is 0 Å². The second kappa shape index (κ2) is 9.33. The first-order valence-corrected chi connectivity index (χ1v) is 6.27. The summed E-state index contributed by atoms with van der Waals surface area (Å²) in [5.74, 6) is -0.208. The third kappa shape index (κ3) is 8.40. The van der Waals surface area contributed by atoms with Crippen LogP contribution in [0.25, 0.3) is 0 Å². The van der Waals surface area contributed by atoms with Crippen LogP contribution < -0.4 is 0 Å². The molecule has 16 heavy (non-hydrogen) atoms. The van der Waals surface area contributed by atoms with Gasteiger partial charge in [-0.3, -0.25) is 9.10 Å². The van der Waals surface area contributed by atoms with Crippen LogP contribution >= 0.6 is 11.9 Å². The van der Waals surface area contributed by atoms with Gasteiger partial charge in [-0.1, -0.05) is 13.3 Å². The van der Waals surface area contributed by atoms with Crippen LogP contribution in [0.2, 0.25) is 0 Å². The molecule has 0 aliphatic heterocycles. The van der Waals surface area contributed by atoms with Gasteiger partial charge in [0.15, 0.2) is 0 Å². The molecule has 0 aliphatic rings. The molecule has 0 unspecified atom stereocenters. The van der Waals surface area contributed by atoms with Crippen LogP contribution in [0.3, 0.4) is 0 Å². The van der Waals surface area contributed by atoms with Crippen LogP contribution in [0.15, 0.2) is 0 Å². The molecule has 0 saturated heterocycles. The highest BCUT2D eigenvalue weighted by Crippen LogP contribution is 2.11. The van der Waals surface area contributed by atoms with Crippen molar-refractivity contribution in [3.05, 3.63) is 0 Å². The number of hydrogen-bond acceptors (Lipinski definition) is 4. The molecular formula is C10H19NO4S. The Labute approximate surface area is 100 Å². The monoisotopic (exact) mass is 249 g/mol. The number of carbonyl (C=O) groups excluding carboxylic acids is 1. The number of nitrogens with zero attached hydrogens (tertiary/aromatic N) is 1. The Morgan fingerprint density at radius 2 is 2.06 bits per heavy atom. The van der Waals surface area contributed by atoms with Crippen molar-refractivity contribution in [1.82, 2.24) is 4.31 Å². The number of hydrogen-bond donors (Lipinski definition) is 1. The zero-order chi connectivity index (χ0) is 12.4. The van der Waals surface area contributed by atoms with Crippen molar-refractivity contribution in [1.29, 1.82) is 0 Å². The average molecular weight is 249 g/mol. The number of carboxylic acids is 1. The summed E-state index contributed by atoms with van der Waals surface area (Å²) >= 11 is 1.28. The van der Waals surface area contributed by atoms with E-state index in [1.807, 2.05) is 6.92 Å². The smallest absolute Gasteiger partial charge is 0.419 e. The number of ether oxygens (including phenoxy) is 1. The summed E-state index contributed by atoms with van der Waals surface area (Å²) in [4.78, 5) is 21.6. The van der Waals surface area contributed by atoms with E-state index in [0.717, 1.165) is 12.8 Å². The highest BCUT2D eigenvalue weighted by molar-refractivity contribution is 7.97. The summed E-state index contributed by atoms with van der Waals surface area (Å²) in [6.07, 6.45) is 2.17. The standard InChI is InChI=1S/C10H19NO4S/c1-3-4-7-15-10(14)11(2)16-8-5-6-9(12)13/h3-8H2,1-2H3,(H,12,13). The van der Waals surface area contributed by atoms with Crippen molar-refractivity contribution >= 4 is 24.0 Å². The van der Waals surface area contributed by atoms with E-state index in [9.17, 15) is 9.59 Å². The molecule has 0 aromatic carbocycles. The summed E-state index contributed by atoms with van der Waals surface area (Å²) in [7, 11) is 1.62. The molecule has 0 aromatic heterocycles. The number of rotatable bonds is 8. The van der Waals surface area contributed by atoms with Gasteiger partial charge in [0, 0.05) is 19.2 Å². The molecule has 0 aliphatic carbocycles. The van der Waals surface area contributed by atoms with Crippen LogP contribution in [-0.4, -0.2) is 40.9 Å². The number of carbonyl (C=O) groups is 2. The zero-order valence-corrected chi connectivity index (χ0v) is 10.6. The van der Waals surface area contributed by atoms with Crippen molar-refractivity contribution in [2.45, 2.75) is 32.6 Å². The molecule has 0 fully saturated rings. The minimum Gasteiger partial charge on any atom is -0.481 e. The Morgan fingerprint density at radius 1 is 1.38 bits per heavy atom. The Balaban J connectivity index is 3.51. The Kier molecular flexibility index (Phi) is 8.80. The summed E-state index contributed by atoms with van der Waals surface area (Å²) in [5, 5.41) is 8.42. The Bertz CT molecular complexity index is 223. The van der Waals surface area contributed by atoms with Crippen LogP contribution in [0.1, 0.15) is 32.6 Å². The molecule has 0 heterocycles. The fourth-order valence-corrected chi connectivity index (χ4v) is 1.58. The van der Waals surface area contributed by atoms with Crippen molar-refractivity contribution in [2.75, 3.05) is 19.4 Å². The lowest BCUT2D eigenvalue weighted by Crippen LogP contribution is -2.21. The lowest BCUT2D eigenvalue weighted by Gasteiger charge is -2.15. The zero-order valence-electron chi connectivity index (χ0n) is 9.77. The molecule has 1 amide bonds. The van der Waals surface area contributed by atoms with Gasteiger partial charge < -0.3 is 9.84 Å². The van der Waals surface area contributed by atoms with Gasteiger partial charge in [0.25, 0.3) is 0 Å². The third-order valence-corrected chi connectivity index (χ3v) is 2.81. The first-order chi connectivity index (χ1) is 7.57. The molecule has 0 bridgehead atoms. The van der Waals surface area contributed by atoms with E-state index in [2.05, 4.69) is 0 Å². The minimum atomic E-state index is -0.811. The molecule has 0 aromatic rings. The van der Waals surface area contributed by atoms with Gasteiger partial charge in [-0.2, -0.15) is 0 Å². The highest BCUT2D eigenvalue weighted by atomic mass is 32.2. The maximum absolute atomic E-state index is 11.3. The largest absolute Gasteiger partial charge is 0.481 e. The van der Waals surface area contributed by atoms with Crippen molar-refractivity contribution in [3.63, 3.8) is 0 Å². The number of carboxylic acid groups (broad SMARTS) is 1. The molecule has 1 N–H and O–H groups in total. The van der Waals surface area contributed by atoms with E-state index >= 15 is 0 Å². The van der Waals surface area contributed by atoms with Gasteiger partial charge in [-0.15, -0.1) is 0 Å². The predicted molar refractivity (Wildman–Crippen MR) is 63.3 cm³/mol. The van der Waals surface area contributed by atoms with Gasteiger partial charge >= 0.3 is 12.1 Å². The van der Waals surface area contributed by atoms with Gasteiger partial charge in [-0.25, -0.2) is 4.79 Å². The maximum Gasteiger partial charge on any atom is 0.419 e. The van der Waals surface area contributed by atoms with Crippen LogP contribution in [0.5, 0.6) is 0 Å². The third-order valence-electron chi connectivity index (χ3n) is 1.80. The molecule has 0 radical (unpaired) electrons. The fraction of sp³-hybridized carbons (Fsp3) is 0.800. The quantitative estimate of drug-likeness (QED) is 0.528. The SMILES string of the molecule is CCCCOC(=O)N(C)SCCCC(=O)O. The van der Waals surface area contributed by atoms with Gasteiger partial charge in [0.1, 0.15) is 0 Å². The van der Waals surface area contributed by atoms with E-state index in [-0.39, 0.29) is 12.5 Å². The number of unbranched alkanes of at least 4 members (excludes halogenated alkanes) is 1. The fourth-order valence-electron chi connectivity index (χ4n) is 0.872. The van der Waals surface area contributed by atoms with Gasteiger partial charge in [-0.05, 0) is 24.8 Å². The van der Waals surface area contributed by atoms with Gasteiger partial charge in [0.05, 0.1) is 6.61 Å². The lowest BCUT2D eigenvalue weighted by molar-refractivity contribution is -0.137. The lowest BCUT2D eigenvalue weighted by atomic mass is 10.3. The van der Waals surface area contributed by atoms with E-state index < -0.39 is 5.97 Å². The topological polar surface area (TPSA) is 66.8 Å². The second-order valence-electron chi connectivity index (χ2n) is 3.30.